The van der Waals surface area contributed by atoms with Crippen LogP contribution in [0.3, 0.4) is 0 Å². The summed E-state index contributed by atoms with van der Waals surface area (Å²) < 4.78 is 6.00. The molecule has 0 aliphatic heterocycles. The van der Waals surface area contributed by atoms with E-state index >= 15 is 0 Å². The number of aromatic amines is 1. The zero-order valence-electron chi connectivity index (χ0n) is 19.4. The molecule has 4 aliphatic rings. The third-order valence-corrected chi connectivity index (χ3v) is 8.67. The number of H-pyrrole nitrogens is 1. The SMILES string of the molecule is Cc1[nH]c2ccccc2c1C(=O)C(C)OC(=O)C12CC3CC(C1)CC(c1ccccc1)(C3)C2. The maximum absolute atomic E-state index is 13.7. The molecule has 4 nitrogen and oxygen atoms in total. The smallest absolute Gasteiger partial charge is 0.312 e. The molecule has 1 aromatic heterocycles. The van der Waals surface area contributed by atoms with Gasteiger partial charge in [0.15, 0.2) is 6.10 Å². The van der Waals surface area contributed by atoms with Gasteiger partial charge in [-0.2, -0.15) is 0 Å². The van der Waals surface area contributed by atoms with Crippen molar-refractivity contribution >= 4 is 22.7 Å². The maximum Gasteiger partial charge on any atom is 0.312 e. The Morgan fingerprint density at radius 1 is 0.970 bits per heavy atom. The van der Waals surface area contributed by atoms with E-state index in [2.05, 4.69) is 35.3 Å². The molecule has 33 heavy (non-hydrogen) atoms. The number of para-hydroxylation sites is 1. The molecular weight excluding hydrogens is 410 g/mol. The second-order valence-corrected chi connectivity index (χ2v) is 11.0. The minimum absolute atomic E-state index is 0.0744. The maximum atomic E-state index is 13.7. The molecule has 1 heterocycles. The first kappa shape index (κ1) is 20.7. The Labute approximate surface area is 194 Å². The first-order valence-electron chi connectivity index (χ1n) is 12.3. The summed E-state index contributed by atoms with van der Waals surface area (Å²) in [5.41, 5.74) is 3.38. The Bertz CT molecular complexity index is 1230. The molecule has 7 rings (SSSR count). The fraction of sp³-hybridized carbons (Fsp3) is 0.448. The number of carbonyl (C=O) groups is 2. The van der Waals surface area contributed by atoms with E-state index in [0.29, 0.717) is 17.4 Å². The van der Waals surface area contributed by atoms with Gasteiger partial charge < -0.3 is 9.72 Å². The van der Waals surface area contributed by atoms with E-state index in [1.807, 2.05) is 31.2 Å². The molecule has 4 aliphatic carbocycles. The lowest BCUT2D eigenvalue weighted by Gasteiger charge is -2.61. The quantitative estimate of drug-likeness (QED) is 0.383. The van der Waals surface area contributed by atoms with Crippen molar-refractivity contribution in [3.63, 3.8) is 0 Å². The van der Waals surface area contributed by atoms with Gasteiger partial charge in [-0.1, -0.05) is 48.5 Å². The molecule has 3 aromatic rings. The van der Waals surface area contributed by atoms with Crippen LogP contribution in [-0.4, -0.2) is 22.8 Å². The Kier molecular flexibility index (Phi) is 4.59. The summed E-state index contributed by atoms with van der Waals surface area (Å²) >= 11 is 0. The first-order chi connectivity index (χ1) is 15.9. The summed E-state index contributed by atoms with van der Waals surface area (Å²) in [6.07, 6.45) is 5.44. The van der Waals surface area contributed by atoms with Crippen LogP contribution in [0.25, 0.3) is 10.9 Å². The zero-order chi connectivity index (χ0) is 22.8. The van der Waals surface area contributed by atoms with Crippen LogP contribution in [0.1, 0.15) is 67.1 Å². The van der Waals surface area contributed by atoms with Gasteiger partial charge >= 0.3 is 5.97 Å². The monoisotopic (exact) mass is 441 g/mol. The third kappa shape index (κ3) is 3.18. The van der Waals surface area contributed by atoms with E-state index in [4.69, 9.17) is 4.74 Å². The highest BCUT2D eigenvalue weighted by Gasteiger charge is 2.61. The van der Waals surface area contributed by atoms with Gasteiger partial charge in [-0.15, -0.1) is 0 Å². The number of benzene rings is 2. The summed E-state index contributed by atoms with van der Waals surface area (Å²) in [6.45, 7) is 3.64. The number of fused-ring (bicyclic) bond motifs is 1. The van der Waals surface area contributed by atoms with Gasteiger partial charge in [-0.3, -0.25) is 9.59 Å². The van der Waals surface area contributed by atoms with Gasteiger partial charge in [0.1, 0.15) is 0 Å². The number of ketones is 1. The molecule has 4 heteroatoms. The van der Waals surface area contributed by atoms with Crippen LogP contribution < -0.4 is 0 Å². The molecule has 2 aromatic carbocycles. The second-order valence-electron chi connectivity index (χ2n) is 11.0. The molecule has 4 fully saturated rings. The zero-order valence-corrected chi connectivity index (χ0v) is 19.4. The summed E-state index contributed by atoms with van der Waals surface area (Å²) in [4.78, 5) is 30.4. The van der Waals surface area contributed by atoms with E-state index < -0.39 is 11.5 Å². The van der Waals surface area contributed by atoms with E-state index in [1.54, 1.807) is 6.92 Å². The predicted molar refractivity (Wildman–Crippen MR) is 128 cm³/mol. The molecule has 0 amide bonds. The normalized spacial score (nSPS) is 31.0. The number of nitrogens with one attached hydrogen (secondary N) is 1. The number of esters is 1. The lowest BCUT2D eigenvalue weighted by molar-refractivity contribution is -0.176. The van der Waals surface area contributed by atoms with E-state index in [1.165, 1.54) is 24.8 Å². The minimum Gasteiger partial charge on any atom is -0.454 e. The van der Waals surface area contributed by atoms with Crippen molar-refractivity contribution in [3.8, 4) is 0 Å². The summed E-state index contributed by atoms with van der Waals surface area (Å²) in [6, 6.07) is 18.6. The number of rotatable bonds is 5. The van der Waals surface area contributed by atoms with Gasteiger partial charge in [-0.05, 0) is 81.3 Å². The van der Waals surface area contributed by atoms with Crippen molar-refractivity contribution in [1.82, 2.24) is 4.98 Å². The topological polar surface area (TPSA) is 59.2 Å². The van der Waals surface area contributed by atoms with Crippen LogP contribution in [0.4, 0.5) is 0 Å². The Morgan fingerprint density at radius 3 is 2.36 bits per heavy atom. The molecule has 0 saturated heterocycles. The van der Waals surface area contributed by atoms with Crippen molar-refractivity contribution in [2.24, 2.45) is 17.3 Å². The number of hydrogen-bond donors (Lipinski definition) is 1. The number of aryl methyl sites for hydroxylation is 1. The predicted octanol–water partition coefficient (Wildman–Crippen LogP) is 6.13. The Balaban J connectivity index is 1.27. The van der Waals surface area contributed by atoms with E-state index in [9.17, 15) is 9.59 Å². The van der Waals surface area contributed by atoms with Gasteiger partial charge in [0.2, 0.25) is 5.78 Å². The van der Waals surface area contributed by atoms with Crippen LogP contribution in [0.15, 0.2) is 54.6 Å². The molecule has 0 radical (unpaired) electrons. The van der Waals surface area contributed by atoms with Crippen molar-refractivity contribution in [1.29, 1.82) is 0 Å². The second kappa shape index (κ2) is 7.31. The number of hydrogen-bond acceptors (Lipinski definition) is 3. The molecule has 3 atom stereocenters. The van der Waals surface area contributed by atoms with Crippen LogP contribution in [0, 0.1) is 24.2 Å². The minimum atomic E-state index is -0.795. The average Bonchev–Trinajstić information content (AvgIpc) is 3.14. The lowest BCUT2D eigenvalue weighted by Crippen LogP contribution is -2.57. The number of aromatic nitrogens is 1. The van der Waals surface area contributed by atoms with Gasteiger partial charge in [0.25, 0.3) is 0 Å². The van der Waals surface area contributed by atoms with E-state index in [-0.39, 0.29) is 17.2 Å². The van der Waals surface area contributed by atoms with Crippen molar-refractivity contribution in [2.45, 2.75) is 63.9 Å². The van der Waals surface area contributed by atoms with Crippen LogP contribution in [0.2, 0.25) is 0 Å². The van der Waals surface area contributed by atoms with Crippen LogP contribution in [0.5, 0.6) is 0 Å². The number of Topliss-reactive ketones (excluding diaryl/α,β-unsaturated/α-hetero) is 1. The summed E-state index contributed by atoms with van der Waals surface area (Å²) in [5, 5.41) is 0.890. The highest BCUT2D eigenvalue weighted by molar-refractivity contribution is 6.11. The van der Waals surface area contributed by atoms with Gasteiger partial charge in [-0.25, -0.2) is 0 Å². The van der Waals surface area contributed by atoms with Gasteiger partial charge in [0, 0.05) is 22.2 Å². The standard InChI is InChI=1S/C29H31NO3/c1-18-25(23-10-6-7-11-24(23)30-18)26(31)19(2)33-27(32)29-15-20-12-21(16-29)14-28(13-20,17-29)22-8-4-3-5-9-22/h3-11,19-21,30H,12-17H2,1-2H3. The fourth-order valence-corrected chi connectivity index (χ4v) is 7.77. The van der Waals surface area contributed by atoms with Crippen molar-refractivity contribution in [3.05, 3.63) is 71.4 Å². The Hall–Kier alpha value is -2.88. The van der Waals surface area contributed by atoms with E-state index in [0.717, 1.165) is 35.9 Å². The molecule has 4 bridgehead atoms. The van der Waals surface area contributed by atoms with Crippen LogP contribution in [-0.2, 0) is 14.9 Å². The lowest BCUT2D eigenvalue weighted by atomic mass is 9.43. The highest BCUT2D eigenvalue weighted by atomic mass is 16.5. The molecule has 170 valence electrons. The average molecular weight is 442 g/mol. The Morgan fingerprint density at radius 2 is 1.64 bits per heavy atom. The molecule has 0 spiro atoms. The number of carbonyl (C=O) groups excluding carboxylic acids is 2. The molecule has 3 unspecified atom stereocenters. The van der Waals surface area contributed by atoms with Crippen LogP contribution >= 0.6 is 0 Å². The molecule has 4 saturated carbocycles. The summed E-state index contributed by atoms with van der Waals surface area (Å²) in [5.74, 6) is 0.859. The molecule has 1 N–H and O–H groups in total. The number of ether oxygens (including phenoxy) is 1. The highest BCUT2D eigenvalue weighted by Crippen LogP contribution is 2.66. The van der Waals surface area contributed by atoms with Crippen molar-refractivity contribution < 1.29 is 14.3 Å². The third-order valence-electron chi connectivity index (χ3n) is 8.67. The summed E-state index contributed by atoms with van der Waals surface area (Å²) in [7, 11) is 0. The fourth-order valence-electron chi connectivity index (χ4n) is 7.77. The molecular formula is C29H31NO3. The van der Waals surface area contributed by atoms with Gasteiger partial charge in [0.05, 0.1) is 5.41 Å². The van der Waals surface area contributed by atoms with Crippen molar-refractivity contribution in [2.75, 3.05) is 0 Å². The largest absolute Gasteiger partial charge is 0.454 e. The first-order valence-corrected chi connectivity index (χ1v) is 12.3.